The summed E-state index contributed by atoms with van der Waals surface area (Å²) in [4.78, 5) is 29.2. The number of rotatable bonds is 6. The smallest absolute Gasteiger partial charge is 0.129 e. The minimum Gasteiger partial charge on any atom is -0.300 e. The third kappa shape index (κ3) is 3.16. The van der Waals surface area contributed by atoms with Crippen molar-refractivity contribution in [3.63, 3.8) is 0 Å². The molecule has 0 amide bonds. The van der Waals surface area contributed by atoms with E-state index in [0.717, 1.165) is 27.7 Å². The molecule has 1 aromatic heterocycles. The highest BCUT2D eigenvalue weighted by Crippen LogP contribution is 2.55. The first kappa shape index (κ1) is 19.6. The van der Waals surface area contributed by atoms with Crippen molar-refractivity contribution < 1.29 is 9.59 Å². The van der Waals surface area contributed by atoms with Crippen molar-refractivity contribution in [1.82, 2.24) is 4.98 Å². The van der Waals surface area contributed by atoms with Crippen LogP contribution in [0.15, 0.2) is 66.7 Å². The lowest BCUT2D eigenvalue weighted by Gasteiger charge is -2.32. The van der Waals surface area contributed by atoms with E-state index in [1.807, 2.05) is 18.2 Å². The molecule has 1 aliphatic carbocycles. The zero-order valence-corrected chi connectivity index (χ0v) is 17.9. The Morgan fingerprint density at radius 3 is 2.13 bits per heavy atom. The fourth-order valence-electron chi connectivity index (χ4n) is 5.18. The molecule has 0 saturated heterocycles. The summed E-state index contributed by atoms with van der Waals surface area (Å²) in [5.41, 5.74) is 5.09. The molecular formula is C28H25NO2. The van der Waals surface area contributed by atoms with Crippen LogP contribution in [0, 0.1) is 0 Å². The largest absolute Gasteiger partial charge is 0.300 e. The van der Waals surface area contributed by atoms with Gasteiger partial charge in [0.15, 0.2) is 0 Å². The number of carbonyl (C=O) groups excluding carboxylic acids is 2. The highest BCUT2D eigenvalue weighted by Gasteiger charge is 2.44. The van der Waals surface area contributed by atoms with Gasteiger partial charge < -0.3 is 9.59 Å². The van der Waals surface area contributed by atoms with Crippen molar-refractivity contribution in [2.45, 2.75) is 44.9 Å². The van der Waals surface area contributed by atoms with Crippen LogP contribution in [0.1, 0.15) is 50.7 Å². The van der Waals surface area contributed by atoms with Crippen molar-refractivity contribution in [1.29, 1.82) is 0 Å². The number of ketones is 2. The van der Waals surface area contributed by atoms with Crippen LogP contribution in [0.3, 0.4) is 0 Å². The second kappa shape index (κ2) is 7.42. The SMILES string of the molecule is CC(=O)CCC1(CCC(C)=O)c2cc3ccccc3nc2-c2c1ccc1ccccc21. The predicted octanol–water partition coefficient (Wildman–Crippen LogP) is 6.39. The van der Waals surface area contributed by atoms with Gasteiger partial charge in [0, 0.05) is 29.2 Å². The molecule has 0 N–H and O–H groups in total. The number of pyridine rings is 1. The molecule has 3 nitrogen and oxygen atoms in total. The van der Waals surface area contributed by atoms with Crippen molar-refractivity contribution in [2.24, 2.45) is 0 Å². The molecule has 0 saturated carbocycles. The average molecular weight is 408 g/mol. The number of benzene rings is 3. The normalized spacial score (nSPS) is 13.9. The van der Waals surface area contributed by atoms with E-state index in [1.165, 1.54) is 16.3 Å². The zero-order valence-electron chi connectivity index (χ0n) is 17.9. The van der Waals surface area contributed by atoms with Gasteiger partial charge in [-0.25, -0.2) is 4.98 Å². The van der Waals surface area contributed by atoms with E-state index in [-0.39, 0.29) is 17.0 Å². The Morgan fingerprint density at radius 1 is 0.774 bits per heavy atom. The second-order valence-electron chi connectivity index (χ2n) is 8.77. The van der Waals surface area contributed by atoms with Gasteiger partial charge in [0.2, 0.25) is 0 Å². The molecule has 0 fully saturated rings. The Hall–Kier alpha value is -3.33. The highest BCUT2D eigenvalue weighted by atomic mass is 16.1. The summed E-state index contributed by atoms with van der Waals surface area (Å²) >= 11 is 0. The maximum atomic E-state index is 12.0. The second-order valence-corrected chi connectivity index (χ2v) is 8.77. The van der Waals surface area contributed by atoms with E-state index in [9.17, 15) is 9.59 Å². The summed E-state index contributed by atoms with van der Waals surface area (Å²) < 4.78 is 0. The minimum absolute atomic E-state index is 0.173. The minimum atomic E-state index is -0.386. The maximum absolute atomic E-state index is 12.0. The maximum Gasteiger partial charge on any atom is 0.129 e. The first-order valence-electron chi connectivity index (χ1n) is 10.9. The van der Waals surface area contributed by atoms with E-state index in [4.69, 9.17) is 4.98 Å². The molecule has 0 atom stereocenters. The molecule has 3 aromatic carbocycles. The molecule has 4 aromatic rings. The third-order valence-electron chi connectivity index (χ3n) is 6.73. The fourth-order valence-corrected chi connectivity index (χ4v) is 5.18. The highest BCUT2D eigenvalue weighted by molar-refractivity contribution is 6.03. The van der Waals surface area contributed by atoms with Crippen LogP contribution in [-0.2, 0) is 15.0 Å². The molecule has 1 heterocycles. The number of para-hydroxylation sites is 1. The molecule has 0 unspecified atom stereocenters. The standard InChI is InChI=1S/C28H25NO2/c1-18(30)13-15-28(16-14-19(2)31)23-12-11-20-7-3-5-9-22(20)26(23)27-24(28)17-21-8-4-6-10-25(21)29-27/h3-12,17H,13-16H2,1-2H3. The third-order valence-corrected chi connectivity index (χ3v) is 6.73. The van der Waals surface area contributed by atoms with E-state index >= 15 is 0 Å². The van der Waals surface area contributed by atoms with Crippen molar-refractivity contribution in [3.05, 3.63) is 77.9 Å². The predicted molar refractivity (Wildman–Crippen MR) is 125 cm³/mol. The molecule has 5 rings (SSSR count). The molecule has 0 aliphatic heterocycles. The number of hydrogen-bond acceptors (Lipinski definition) is 3. The van der Waals surface area contributed by atoms with Gasteiger partial charge in [-0.2, -0.15) is 0 Å². The molecule has 0 spiro atoms. The monoisotopic (exact) mass is 407 g/mol. The van der Waals surface area contributed by atoms with Crippen LogP contribution < -0.4 is 0 Å². The van der Waals surface area contributed by atoms with Gasteiger partial charge in [0.05, 0.1) is 11.2 Å². The molecule has 154 valence electrons. The van der Waals surface area contributed by atoms with Crippen LogP contribution in [0.25, 0.3) is 32.9 Å². The molecule has 0 bridgehead atoms. The number of fused-ring (bicyclic) bond motifs is 6. The summed E-state index contributed by atoms with van der Waals surface area (Å²) in [6.45, 7) is 3.29. The number of carbonyl (C=O) groups is 2. The zero-order chi connectivity index (χ0) is 21.6. The van der Waals surface area contributed by atoms with Gasteiger partial charge in [-0.15, -0.1) is 0 Å². The van der Waals surface area contributed by atoms with E-state index in [0.29, 0.717) is 25.7 Å². The summed E-state index contributed by atoms with van der Waals surface area (Å²) in [5, 5.41) is 3.45. The lowest BCUT2D eigenvalue weighted by atomic mass is 9.70. The Balaban J connectivity index is 1.86. The summed E-state index contributed by atoms with van der Waals surface area (Å²) in [6, 6.07) is 23.2. The molecule has 3 heteroatoms. The van der Waals surface area contributed by atoms with E-state index in [1.54, 1.807) is 13.8 Å². The Kier molecular flexibility index (Phi) is 4.70. The topological polar surface area (TPSA) is 47.0 Å². The van der Waals surface area contributed by atoms with E-state index in [2.05, 4.69) is 48.5 Å². The summed E-state index contributed by atoms with van der Waals surface area (Å²) in [5.74, 6) is 0.346. The van der Waals surface area contributed by atoms with E-state index < -0.39 is 0 Å². The van der Waals surface area contributed by atoms with Gasteiger partial charge in [-0.05, 0) is 60.7 Å². The van der Waals surface area contributed by atoms with Crippen LogP contribution in [-0.4, -0.2) is 16.6 Å². The first-order valence-corrected chi connectivity index (χ1v) is 10.9. The van der Waals surface area contributed by atoms with Crippen LogP contribution in [0.4, 0.5) is 0 Å². The van der Waals surface area contributed by atoms with Crippen molar-refractivity contribution >= 4 is 33.2 Å². The van der Waals surface area contributed by atoms with Crippen LogP contribution >= 0.6 is 0 Å². The Labute approximate surface area is 182 Å². The summed E-state index contributed by atoms with van der Waals surface area (Å²) in [7, 11) is 0. The van der Waals surface area contributed by atoms with Gasteiger partial charge in [0.25, 0.3) is 0 Å². The summed E-state index contributed by atoms with van der Waals surface area (Å²) in [6.07, 6.45) is 2.34. The number of hydrogen-bond donors (Lipinski definition) is 0. The molecule has 0 radical (unpaired) electrons. The number of nitrogens with zero attached hydrogens (tertiary/aromatic N) is 1. The van der Waals surface area contributed by atoms with Gasteiger partial charge >= 0.3 is 0 Å². The van der Waals surface area contributed by atoms with Gasteiger partial charge in [-0.3, -0.25) is 0 Å². The van der Waals surface area contributed by atoms with Crippen LogP contribution in [0.5, 0.6) is 0 Å². The molecule has 31 heavy (non-hydrogen) atoms. The fraction of sp³-hybridized carbons (Fsp3) is 0.250. The molecular weight excluding hydrogens is 382 g/mol. The number of Topliss-reactive ketones (excluding diaryl/α,β-unsaturated/α-hetero) is 2. The lowest BCUT2D eigenvalue weighted by Crippen LogP contribution is -2.27. The molecule has 1 aliphatic rings. The Morgan fingerprint density at radius 2 is 1.42 bits per heavy atom. The Bertz CT molecular complexity index is 1330. The van der Waals surface area contributed by atoms with Crippen molar-refractivity contribution in [2.75, 3.05) is 0 Å². The van der Waals surface area contributed by atoms with Gasteiger partial charge in [0.1, 0.15) is 11.6 Å². The number of aromatic nitrogens is 1. The van der Waals surface area contributed by atoms with Gasteiger partial charge in [-0.1, -0.05) is 54.6 Å². The first-order chi connectivity index (χ1) is 15.0. The van der Waals surface area contributed by atoms with Crippen LogP contribution in [0.2, 0.25) is 0 Å². The lowest BCUT2D eigenvalue weighted by molar-refractivity contribution is -0.117. The average Bonchev–Trinajstić information content (AvgIpc) is 3.04. The van der Waals surface area contributed by atoms with Crippen molar-refractivity contribution in [3.8, 4) is 11.3 Å². The quantitative estimate of drug-likeness (QED) is 0.372.